The maximum absolute atomic E-state index is 13.4. The number of rotatable bonds is 10. The van der Waals surface area contributed by atoms with Gasteiger partial charge >= 0.3 is 0 Å². The minimum atomic E-state index is -4.06. The molecule has 1 fully saturated rings. The average Bonchev–Trinajstić information content (AvgIpc) is 2.97. The molecule has 0 unspecified atom stereocenters. The van der Waals surface area contributed by atoms with E-state index in [1.807, 2.05) is 0 Å². The highest BCUT2D eigenvalue weighted by Gasteiger charge is 2.20. The number of methoxy groups -OCH3 is 1. The molecule has 216 valence electrons. The number of pyridine rings is 2. The number of hydrogen-bond acceptors (Lipinski definition) is 9. The molecular weight excluding hydrogens is 575 g/mol. The number of nitrogens with zero attached hydrogens (tertiary/aromatic N) is 4. The zero-order valence-corrected chi connectivity index (χ0v) is 23.7. The molecule has 5 rings (SSSR count). The molecular formula is C27H28ClFN6O5S. The van der Waals surface area contributed by atoms with Gasteiger partial charge in [-0.15, -0.1) is 0 Å². The highest BCUT2D eigenvalue weighted by molar-refractivity contribution is 7.89. The van der Waals surface area contributed by atoms with Crippen LogP contribution in [0, 0.1) is 5.82 Å². The van der Waals surface area contributed by atoms with E-state index in [4.69, 9.17) is 21.1 Å². The first-order valence-corrected chi connectivity index (χ1v) is 14.6. The molecule has 0 amide bonds. The largest absolute Gasteiger partial charge is 0.481 e. The Kier molecular flexibility index (Phi) is 8.80. The molecule has 0 bridgehead atoms. The molecule has 2 N–H and O–H groups in total. The van der Waals surface area contributed by atoms with Crippen LogP contribution in [0.3, 0.4) is 0 Å². The molecule has 4 aromatic rings. The number of morpholine rings is 1. The molecule has 4 heterocycles. The van der Waals surface area contributed by atoms with Gasteiger partial charge in [-0.2, -0.15) is 0 Å². The quantitative estimate of drug-likeness (QED) is 0.282. The van der Waals surface area contributed by atoms with Crippen LogP contribution in [0.15, 0.2) is 64.7 Å². The topological polar surface area (TPSA) is 127 Å². The van der Waals surface area contributed by atoms with Crippen LogP contribution in [0.25, 0.3) is 16.8 Å². The van der Waals surface area contributed by atoms with Crippen molar-refractivity contribution in [3.05, 3.63) is 81.7 Å². The fourth-order valence-corrected chi connectivity index (χ4v) is 5.99. The van der Waals surface area contributed by atoms with Crippen molar-refractivity contribution in [2.24, 2.45) is 0 Å². The third kappa shape index (κ3) is 6.66. The summed E-state index contributed by atoms with van der Waals surface area (Å²) in [5, 5.41) is 2.95. The Balaban J connectivity index is 1.37. The maximum Gasteiger partial charge on any atom is 0.281 e. The molecule has 11 nitrogen and oxygen atoms in total. The summed E-state index contributed by atoms with van der Waals surface area (Å²) >= 11 is 5.95. The van der Waals surface area contributed by atoms with Crippen molar-refractivity contribution in [1.29, 1.82) is 0 Å². The summed E-state index contributed by atoms with van der Waals surface area (Å²) in [6.45, 7) is 4.33. The van der Waals surface area contributed by atoms with Crippen molar-refractivity contribution in [1.82, 2.24) is 24.0 Å². The van der Waals surface area contributed by atoms with E-state index in [9.17, 15) is 17.6 Å². The Hall–Kier alpha value is -3.62. The Labute approximate surface area is 241 Å². The molecule has 0 radical (unpaired) electrons. The monoisotopic (exact) mass is 602 g/mol. The minimum Gasteiger partial charge on any atom is -0.481 e. The minimum absolute atomic E-state index is 0.174. The van der Waals surface area contributed by atoms with Crippen molar-refractivity contribution >= 4 is 33.0 Å². The molecule has 1 aliphatic rings. The smallest absolute Gasteiger partial charge is 0.281 e. The number of anilines is 1. The molecule has 1 aromatic carbocycles. The van der Waals surface area contributed by atoms with Crippen LogP contribution in [0.4, 0.5) is 10.1 Å². The van der Waals surface area contributed by atoms with Crippen molar-refractivity contribution < 1.29 is 22.3 Å². The van der Waals surface area contributed by atoms with Crippen molar-refractivity contribution in [3.63, 3.8) is 0 Å². The average molecular weight is 603 g/mol. The van der Waals surface area contributed by atoms with Crippen LogP contribution in [0.5, 0.6) is 5.88 Å². The fraction of sp³-hybridized carbons (Fsp3) is 0.296. The lowest BCUT2D eigenvalue weighted by Gasteiger charge is -2.26. The number of halogens is 2. The van der Waals surface area contributed by atoms with Gasteiger partial charge in [-0.25, -0.2) is 27.5 Å². The Bertz CT molecular complexity index is 1730. The highest BCUT2D eigenvalue weighted by Crippen LogP contribution is 2.26. The normalized spacial score (nSPS) is 14.3. The number of fused-ring (bicyclic) bond motifs is 1. The fourth-order valence-electron chi connectivity index (χ4n) is 4.45. The lowest BCUT2D eigenvalue weighted by Crippen LogP contribution is -2.39. The number of sulfonamides is 1. The molecule has 0 atom stereocenters. The Morgan fingerprint density at radius 3 is 2.66 bits per heavy atom. The Morgan fingerprint density at radius 2 is 1.90 bits per heavy atom. The lowest BCUT2D eigenvalue weighted by molar-refractivity contribution is 0.0398. The van der Waals surface area contributed by atoms with Gasteiger partial charge in [-0.1, -0.05) is 11.6 Å². The first-order valence-electron chi connectivity index (χ1n) is 12.8. The predicted molar refractivity (Wildman–Crippen MR) is 152 cm³/mol. The zero-order chi connectivity index (χ0) is 29.0. The highest BCUT2D eigenvalue weighted by atomic mass is 35.5. The van der Waals surface area contributed by atoms with Gasteiger partial charge in [0.2, 0.25) is 15.9 Å². The molecule has 14 heteroatoms. The Morgan fingerprint density at radius 1 is 1.10 bits per heavy atom. The summed E-state index contributed by atoms with van der Waals surface area (Å²) in [5.74, 6) is -0.430. The molecule has 3 aromatic heterocycles. The molecule has 0 aliphatic carbocycles. The standard InChI is InChI=1S/C27H28ClFN6O5S/c1-39-26-20(15-33-41(37,38)24-4-3-21(29)13-22(24)28)12-19(14-32-26)18-2-5-25-31-16-23(27(36)35(25)17-18)30-6-7-34-8-10-40-11-9-34/h2-5,12-14,16-17,30,33H,6-11,15H2,1H3. The summed E-state index contributed by atoms with van der Waals surface area (Å²) in [6.07, 6.45) is 4.76. The first kappa shape index (κ1) is 28.9. The SMILES string of the molecule is COc1ncc(-c2ccc3ncc(NCCN4CCOCC4)c(=O)n3c2)cc1CNS(=O)(=O)c1ccc(F)cc1Cl. The van der Waals surface area contributed by atoms with E-state index in [1.54, 1.807) is 30.6 Å². The van der Waals surface area contributed by atoms with Crippen LogP contribution >= 0.6 is 11.6 Å². The summed E-state index contributed by atoms with van der Waals surface area (Å²) in [4.78, 5) is 24.0. The van der Waals surface area contributed by atoms with Gasteiger partial charge in [0.25, 0.3) is 5.56 Å². The molecule has 0 saturated carbocycles. The lowest BCUT2D eigenvalue weighted by atomic mass is 10.1. The second-order valence-electron chi connectivity index (χ2n) is 9.30. The van der Waals surface area contributed by atoms with E-state index in [0.29, 0.717) is 47.8 Å². The molecule has 41 heavy (non-hydrogen) atoms. The third-order valence-corrected chi connectivity index (χ3v) is 8.52. The van der Waals surface area contributed by atoms with Crippen LogP contribution in [0.1, 0.15) is 5.56 Å². The van der Waals surface area contributed by atoms with Gasteiger partial charge in [0.1, 0.15) is 22.0 Å². The summed E-state index contributed by atoms with van der Waals surface area (Å²) in [6, 6.07) is 8.27. The molecule has 0 spiro atoms. The second-order valence-corrected chi connectivity index (χ2v) is 11.4. The zero-order valence-electron chi connectivity index (χ0n) is 22.1. The van der Waals surface area contributed by atoms with Gasteiger partial charge in [0.15, 0.2) is 0 Å². The van der Waals surface area contributed by atoms with E-state index in [1.165, 1.54) is 17.7 Å². The number of hydrogen-bond donors (Lipinski definition) is 2. The van der Waals surface area contributed by atoms with Crippen molar-refractivity contribution in [2.45, 2.75) is 11.4 Å². The van der Waals surface area contributed by atoms with Crippen molar-refractivity contribution in [2.75, 3.05) is 51.8 Å². The number of benzene rings is 1. The number of nitrogens with one attached hydrogen (secondary N) is 2. The predicted octanol–water partition coefficient (Wildman–Crippen LogP) is 2.78. The maximum atomic E-state index is 13.4. The summed E-state index contributed by atoms with van der Waals surface area (Å²) in [5.41, 5.74) is 2.34. The van der Waals surface area contributed by atoms with E-state index >= 15 is 0 Å². The van der Waals surface area contributed by atoms with E-state index in [2.05, 4.69) is 24.9 Å². The number of ether oxygens (including phenoxy) is 2. The molecule has 1 saturated heterocycles. The van der Waals surface area contributed by atoms with E-state index in [0.717, 1.165) is 37.8 Å². The first-order chi connectivity index (χ1) is 19.7. The van der Waals surface area contributed by atoms with Gasteiger partial charge in [0.05, 0.1) is 31.5 Å². The van der Waals surface area contributed by atoms with Gasteiger partial charge in [-0.05, 0) is 36.4 Å². The molecule has 1 aliphatic heterocycles. The van der Waals surface area contributed by atoms with Crippen LogP contribution in [0.2, 0.25) is 5.02 Å². The third-order valence-electron chi connectivity index (χ3n) is 6.64. The van der Waals surface area contributed by atoms with Gasteiger partial charge in [0, 0.05) is 61.8 Å². The van der Waals surface area contributed by atoms with E-state index in [-0.39, 0.29) is 27.9 Å². The summed E-state index contributed by atoms with van der Waals surface area (Å²) in [7, 11) is -2.64. The van der Waals surface area contributed by atoms with Gasteiger partial charge in [-0.3, -0.25) is 14.1 Å². The van der Waals surface area contributed by atoms with Crippen LogP contribution in [-0.2, 0) is 21.3 Å². The van der Waals surface area contributed by atoms with Gasteiger partial charge < -0.3 is 14.8 Å². The second kappa shape index (κ2) is 12.5. The van der Waals surface area contributed by atoms with Crippen LogP contribution < -0.4 is 20.3 Å². The number of aromatic nitrogens is 3. The van der Waals surface area contributed by atoms with E-state index < -0.39 is 15.8 Å². The van der Waals surface area contributed by atoms with Crippen LogP contribution in [-0.4, -0.2) is 74.2 Å². The summed E-state index contributed by atoms with van der Waals surface area (Å²) < 4.78 is 53.7. The van der Waals surface area contributed by atoms with Crippen molar-refractivity contribution in [3.8, 4) is 17.0 Å².